The van der Waals surface area contributed by atoms with Crippen molar-refractivity contribution in [3.63, 3.8) is 0 Å². The first kappa shape index (κ1) is 17.9. The van der Waals surface area contributed by atoms with Gasteiger partial charge in [0, 0.05) is 16.0 Å². The molecule has 26 heavy (non-hydrogen) atoms. The number of thioether (sulfide) groups is 1. The summed E-state index contributed by atoms with van der Waals surface area (Å²) in [5.41, 5.74) is 6.33. The number of hydrogen-bond acceptors (Lipinski definition) is 5. The van der Waals surface area contributed by atoms with E-state index in [-0.39, 0.29) is 17.4 Å². The summed E-state index contributed by atoms with van der Waals surface area (Å²) in [5, 5.41) is 14.2. The lowest BCUT2D eigenvalue weighted by Crippen LogP contribution is -2.19. The van der Waals surface area contributed by atoms with E-state index in [1.54, 1.807) is 24.3 Å². The number of nitrogens with zero attached hydrogens (tertiary/aromatic N) is 2. The van der Waals surface area contributed by atoms with E-state index in [0.29, 0.717) is 0 Å². The Hall–Kier alpha value is -2.86. The Balaban J connectivity index is 1.63. The van der Waals surface area contributed by atoms with Crippen molar-refractivity contribution in [3.05, 3.63) is 65.4 Å². The molecule has 0 saturated heterocycles. The molecule has 5 nitrogen and oxygen atoms in total. The normalized spacial score (nSPS) is 11.2. The molecule has 3 rings (SSSR count). The molecule has 1 amide bonds. The first-order valence-corrected chi connectivity index (χ1v) is 9.11. The molecule has 0 aliphatic carbocycles. The van der Waals surface area contributed by atoms with Gasteiger partial charge >= 0.3 is 0 Å². The number of phenols is 1. The maximum atomic E-state index is 12.0. The van der Waals surface area contributed by atoms with Gasteiger partial charge in [0.25, 0.3) is 0 Å². The van der Waals surface area contributed by atoms with Crippen LogP contribution >= 0.6 is 11.8 Å². The van der Waals surface area contributed by atoms with E-state index in [4.69, 9.17) is 0 Å². The number of phenolic OH excluding ortho intramolecular Hbond substituents is 1. The minimum Gasteiger partial charge on any atom is -0.508 e. The molecule has 0 spiro atoms. The molecule has 0 atom stereocenters. The summed E-state index contributed by atoms with van der Waals surface area (Å²) < 4.78 is 0. The molecule has 1 aromatic heterocycles. The van der Waals surface area contributed by atoms with E-state index in [0.717, 1.165) is 32.6 Å². The van der Waals surface area contributed by atoms with Gasteiger partial charge in [-0.15, -0.1) is 11.8 Å². The molecule has 0 saturated carbocycles. The van der Waals surface area contributed by atoms with Gasteiger partial charge in [-0.2, -0.15) is 5.10 Å². The summed E-state index contributed by atoms with van der Waals surface area (Å²) in [4.78, 5) is 17.6. The third-order valence-corrected chi connectivity index (χ3v) is 4.76. The lowest BCUT2D eigenvalue weighted by Gasteiger charge is -2.08. The highest BCUT2D eigenvalue weighted by atomic mass is 32.2. The SMILES string of the molecule is Cc1ccc2nc(C)cc(SCC(=O)N/N=C\c3ccc(O)cc3)c2c1. The number of fused-ring (bicyclic) bond motifs is 1. The molecule has 0 radical (unpaired) electrons. The van der Waals surface area contributed by atoms with Crippen molar-refractivity contribution in [2.75, 3.05) is 5.75 Å². The minimum absolute atomic E-state index is 0.180. The molecule has 6 heteroatoms. The monoisotopic (exact) mass is 365 g/mol. The Labute approximate surface area is 156 Å². The number of rotatable bonds is 5. The molecule has 2 aromatic carbocycles. The fraction of sp³-hybridized carbons (Fsp3) is 0.150. The average Bonchev–Trinajstić information content (AvgIpc) is 2.62. The van der Waals surface area contributed by atoms with Crippen molar-refractivity contribution in [2.24, 2.45) is 5.10 Å². The van der Waals surface area contributed by atoms with Crippen molar-refractivity contribution < 1.29 is 9.90 Å². The van der Waals surface area contributed by atoms with Gasteiger partial charge in [-0.3, -0.25) is 9.78 Å². The van der Waals surface area contributed by atoms with Crippen LogP contribution in [0.3, 0.4) is 0 Å². The molecule has 0 fully saturated rings. The van der Waals surface area contributed by atoms with Gasteiger partial charge in [0.2, 0.25) is 5.91 Å². The predicted molar refractivity (Wildman–Crippen MR) is 106 cm³/mol. The number of hydrazone groups is 1. The summed E-state index contributed by atoms with van der Waals surface area (Å²) in [5.74, 6) is 0.275. The van der Waals surface area contributed by atoms with Crippen LogP contribution in [-0.2, 0) is 4.79 Å². The van der Waals surface area contributed by atoms with Crippen LogP contribution in [0.25, 0.3) is 10.9 Å². The van der Waals surface area contributed by atoms with Crippen LogP contribution in [0.5, 0.6) is 5.75 Å². The van der Waals surface area contributed by atoms with Crippen molar-refractivity contribution >= 4 is 34.8 Å². The number of nitrogens with one attached hydrogen (secondary N) is 1. The van der Waals surface area contributed by atoms with E-state index in [9.17, 15) is 9.90 Å². The fourth-order valence-electron chi connectivity index (χ4n) is 2.47. The van der Waals surface area contributed by atoms with Gasteiger partial charge in [0.15, 0.2) is 0 Å². The van der Waals surface area contributed by atoms with Gasteiger partial charge < -0.3 is 5.11 Å². The third kappa shape index (κ3) is 4.61. The average molecular weight is 365 g/mol. The highest BCUT2D eigenvalue weighted by Crippen LogP contribution is 2.28. The number of aromatic nitrogens is 1. The van der Waals surface area contributed by atoms with Crippen molar-refractivity contribution in [1.82, 2.24) is 10.4 Å². The van der Waals surface area contributed by atoms with Crippen LogP contribution in [0.2, 0.25) is 0 Å². The number of amides is 1. The topological polar surface area (TPSA) is 74.6 Å². The molecular formula is C20H19N3O2S. The second-order valence-electron chi connectivity index (χ2n) is 5.96. The number of aromatic hydroxyl groups is 1. The molecule has 1 heterocycles. The summed E-state index contributed by atoms with van der Waals surface area (Å²) in [7, 11) is 0. The van der Waals surface area contributed by atoms with Gasteiger partial charge in [-0.1, -0.05) is 11.6 Å². The zero-order chi connectivity index (χ0) is 18.5. The van der Waals surface area contributed by atoms with Crippen molar-refractivity contribution in [1.29, 1.82) is 0 Å². The molecular weight excluding hydrogens is 346 g/mol. The van der Waals surface area contributed by atoms with E-state index in [2.05, 4.69) is 21.6 Å². The minimum atomic E-state index is -0.180. The molecule has 132 valence electrons. The zero-order valence-corrected chi connectivity index (χ0v) is 15.4. The molecule has 0 aliphatic rings. The molecule has 0 unspecified atom stereocenters. The summed E-state index contributed by atoms with van der Waals surface area (Å²) >= 11 is 1.47. The van der Waals surface area contributed by atoms with Crippen LogP contribution < -0.4 is 5.43 Å². The van der Waals surface area contributed by atoms with Crippen LogP contribution in [0.1, 0.15) is 16.8 Å². The Morgan fingerprint density at radius 3 is 2.73 bits per heavy atom. The Kier molecular flexibility index (Phi) is 5.53. The zero-order valence-electron chi connectivity index (χ0n) is 14.6. The quantitative estimate of drug-likeness (QED) is 0.410. The van der Waals surface area contributed by atoms with E-state index in [1.165, 1.54) is 18.0 Å². The Morgan fingerprint density at radius 1 is 1.19 bits per heavy atom. The molecule has 0 aliphatic heterocycles. The number of carbonyl (C=O) groups is 1. The second kappa shape index (κ2) is 8.01. The van der Waals surface area contributed by atoms with E-state index >= 15 is 0 Å². The Bertz CT molecular complexity index is 969. The summed E-state index contributed by atoms with van der Waals surface area (Å²) in [6, 6.07) is 14.7. The number of benzene rings is 2. The largest absolute Gasteiger partial charge is 0.508 e. The van der Waals surface area contributed by atoms with Gasteiger partial charge in [-0.05, 0) is 61.9 Å². The number of carbonyl (C=O) groups excluding carboxylic acids is 1. The summed E-state index contributed by atoms with van der Waals surface area (Å²) in [6.45, 7) is 3.99. The standard InChI is InChI=1S/C20H19N3O2S/c1-13-3-8-18-17(9-13)19(10-14(2)22-18)26-12-20(25)23-21-11-15-4-6-16(24)7-5-15/h3-11,24H,12H2,1-2H3,(H,23,25)/b21-11-. The van der Waals surface area contributed by atoms with Crippen LogP contribution in [0.15, 0.2) is 58.5 Å². The lowest BCUT2D eigenvalue weighted by atomic mass is 10.1. The first-order chi connectivity index (χ1) is 12.5. The van der Waals surface area contributed by atoms with Crippen LogP contribution in [0.4, 0.5) is 0 Å². The Morgan fingerprint density at radius 2 is 1.96 bits per heavy atom. The fourth-order valence-corrected chi connectivity index (χ4v) is 3.39. The number of hydrogen-bond donors (Lipinski definition) is 2. The highest BCUT2D eigenvalue weighted by molar-refractivity contribution is 8.00. The third-order valence-electron chi connectivity index (χ3n) is 3.71. The van der Waals surface area contributed by atoms with Crippen LogP contribution in [-0.4, -0.2) is 28.0 Å². The van der Waals surface area contributed by atoms with Gasteiger partial charge in [-0.25, -0.2) is 5.43 Å². The van der Waals surface area contributed by atoms with Gasteiger partial charge in [0.05, 0.1) is 17.5 Å². The van der Waals surface area contributed by atoms with Crippen molar-refractivity contribution in [2.45, 2.75) is 18.7 Å². The van der Waals surface area contributed by atoms with Gasteiger partial charge in [0.1, 0.15) is 5.75 Å². The van der Waals surface area contributed by atoms with Crippen LogP contribution in [0, 0.1) is 13.8 Å². The smallest absolute Gasteiger partial charge is 0.250 e. The molecule has 2 N–H and O–H groups in total. The summed E-state index contributed by atoms with van der Waals surface area (Å²) in [6.07, 6.45) is 1.54. The predicted octanol–water partition coefficient (Wildman–Crippen LogP) is 3.80. The van der Waals surface area contributed by atoms with E-state index < -0.39 is 0 Å². The first-order valence-electron chi connectivity index (χ1n) is 8.13. The van der Waals surface area contributed by atoms with E-state index in [1.807, 2.05) is 32.0 Å². The maximum Gasteiger partial charge on any atom is 0.250 e. The lowest BCUT2D eigenvalue weighted by molar-refractivity contribution is -0.118. The highest BCUT2D eigenvalue weighted by Gasteiger charge is 2.08. The second-order valence-corrected chi connectivity index (χ2v) is 6.97. The number of pyridine rings is 1. The number of aryl methyl sites for hydroxylation is 2. The maximum absolute atomic E-state index is 12.0. The molecule has 3 aromatic rings. The molecule has 0 bridgehead atoms. The van der Waals surface area contributed by atoms with Crippen molar-refractivity contribution in [3.8, 4) is 5.75 Å².